The van der Waals surface area contributed by atoms with Crippen LogP contribution < -0.4 is 27.8 Å². The highest BCUT2D eigenvalue weighted by atomic mass is 35.5. The number of halogens is 1. The van der Waals surface area contributed by atoms with Crippen molar-refractivity contribution >= 4 is 17.4 Å². The minimum absolute atomic E-state index is 0. The van der Waals surface area contributed by atoms with Gasteiger partial charge in [0.15, 0.2) is 5.78 Å². The lowest BCUT2D eigenvalue weighted by molar-refractivity contribution is -0.653. The van der Waals surface area contributed by atoms with E-state index in [4.69, 9.17) is 4.74 Å². The van der Waals surface area contributed by atoms with Crippen molar-refractivity contribution < 1.29 is 32.0 Å². The number of carbonyl (C=O) groups excluding carboxylic acids is 2. The summed E-state index contributed by atoms with van der Waals surface area (Å²) in [4.78, 5) is 24.2. The zero-order valence-corrected chi connectivity index (χ0v) is 18.0. The molecule has 2 aromatic carbocycles. The summed E-state index contributed by atoms with van der Waals surface area (Å²) in [6.45, 7) is 5.40. The molecule has 0 saturated heterocycles. The summed E-state index contributed by atoms with van der Waals surface area (Å²) >= 11 is 0. The average Bonchev–Trinajstić information content (AvgIpc) is 2.67. The molecule has 2 aromatic rings. The highest BCUT2D eigenvalue weighted by molar-refractivity contribution is 6.01. The van der Waals surface area contributed by atoms with Crippen LogP contribution in [0, 0.1) is 0 Å². The molecule has 3 N–H and O–H groups in total. The topological polar surface area (TPSA) is 72.0 Å². The molecule has 0 aliphatic heterocycles. The molecule has 0 aromatic heterocycles. The fourth-order valence-corrected chi connectivity index (χ4v) is 2.79. The monoisotopic (exact) mass is 416 g/mol. The first kappa shape index (κ1) is 24.4. The zero-order chi connectivity index (χ0) is 20.4. The fraction of sp³-hybridized carbons (Fsp3) is 0.304. The smallest absolute Gasteiger partial charge is 0.248 e. The van der Waals surface area contributed by atoms with Gasteiger partial charge in [-0.15, -0.1) is 0 Å². The molecule has 0 aliphatic carbocycles. The number of methoxy groups -OCH3 is 1. The lowest BCUT2D eigenvalue weighted by Gasteiger charge is -2.06. The average molecular weight is 417 g/mol. The van der Waals surface area contributed by atoms with E-state index >= 15 is 0 Å². The van der Waals surface area contributed by atoms with E-state index in [9.17, 15) is 9.59 Å². The summed E-state index contributed by atoms with van der Waals surface area (Å²) < 4.78 is 5.16. The van der Waals surface area contributed by atoms with Gasteiger partial charge in [-0.3, -0.25) is 9.59 Å². The van der Waals surface area contributed by atoms with E-state index < -0.39 is 0 Å². The van der Waals surface area contributed by atoms with Crippen molar-refractivity contribution in [3.8, 4) is 5.75 Å². The number of ketones is 1. The van der Waals surface area contributed by atoms with Crippen molar-refractivity contribution in [3.05, 3.63) is 71.3 Å². The highest BCUT2D eigenvalue weighted by Crippen LogP contribution is 2.13. The number of hydrogen-bond donors (Lipinski definition) is 2. The molecule has 0 atom stereocenters. The molecular weight excluding hydrogens is 388 g/mol. The lowest BCUT2D eigenvalue weighted by atomic mass is 10.1. The first-order chi connectivity index (χ1) is 13.5. The third-order valence-corrected chi connectivity index (χ3v) is 4.24. The van der Waals surface area contributed by atoms with Gasteiger partial charge in [-0.1, -0.05) is 29.8 Å². The molecule has 0 spiro atoms. The van der Waals surface area contributed by atoms with Crippen LogP contribution in [-0.2, 0) is 11.2 Å². The summed E-state index contributed by atoms with van der Waals surface area (Å²) in [6.07, 6.45) is 2.95. The van der Waals surface area contributed by atoms with Crippen molar-refractivity contribution in [2.45, 2.75) is 26.7 Å². The van der Waals surface area contributed by atoms with E-state index in [1.807, 2.05) is 26.0 Å². The molecule has 0 heterocycles. The van der Waals surface area contributed by atoms with E-state index in [0.29, 0.717) is 17.7 Å². The summed E-state index contributed by atoms with van der Waals surface area (Å²) in [5, 5.41) is 4.94. The number of anilines is 1. The third kappa shape index (κ3) is 8.94. The number of allylic oxidation sites excluding steroid dienone is 1. The Kier molecular flexibility index (Phi) is 10.7. The van der Waals surface area contributed by atoms with Crippen LogP contribution in [0.3, 0.4) is 0 Å². The summed E-state index contributed by atoms with van der Waals surface area (Å²) in [5.41, 5.74) is 3.44. The number of Topliss-reactive ketones (excluding diaryl/α,β-unsaturated/α-hetero) is 1. The van der Waals surface area contributed by atoms with Gasteiger partial charge < -0.3 is 27.8 Å². The minimum Gasteiger partial charge on any atom is -1.00 e. The lowest BCUT2D eigenvalue weighted by Crippen LogP contribution is -3.00. The standard InChI is InChI=1S/C23H28N2O3.ClH/c1-17(2)15-23(27)25-20-6-4-5-19(16-20)22(26)12-14-24-13-11-18-7-9-21(28-3)10-8-18;/h4-10,15-16,24H,11-14H2,1-3H3,(H,25,27);1H. The number of benzene rings is 2. The number of rotatable bonds is 10. The number of carbonyl (C=O) groups is 2. The Morgan fingerprint density at radius 1 is 1.07 bits per heavy atom. The van der Waals surface area contributed by atoms with Crippen LogP contribution in [0.1, 0.15) is 36.2 Å². The molecular formula is C23H29ClN2O3. The number of nitrogens with two attached hydrogens (primary N) is 1. The van der Waals surface area contributed by atoms with E-state index in [1.165, 1.54) is 11.6 Å². The molecule has 2 rings (SSSR count). The number of ether oxygens (including phenoxy) is 1. The predicted molar refractivity (Wildman–Crippen MR) is 112 cm³/mol. The van der Waals surface area contributed by atoms with Crippen LogP contribution in [0.25, 0.3) is 0 Å². The van der Waals surface area contributed by atoms with Crippen LogP contribution in [0.4, 0.5) is 5.69 Å². The van der Waals surface area contributed by atoms with Crippen molar-refractivity contribution in [2.75, 3.05) is 25.5 Å². The van der Waals surface area contributed by atoms with Crippen LogP contribution in [0.15, 0.2) is 60.2 Å². The van der Waals surface area contributed by atoms with Crippen molar-refractivity contribution in [1.29, 1.82) is 0 Å². The van der Waals surface area contributed by atoms with Crippen LogP contribution in [-0.4, -0.2) is 31.9 Å². The van der Waals surface area contributed by atoms with Gasteiger partial charge in [-0.2, -0.15) is 0 Å². The van der Waals surface area contributed by atoms with Gasteiger partial charge >= 0.3 is 0 Å². The maximum Gasteiger partial charge on any atom is 0.248 e. The Balaban J connectivity index is 0.00000420. The highest BCUT2D eigenvalue weighted by Gasteiger charge is 2.08. The Morgan fingerprint density at radius 2 is 1.79 bits per heavy atom. The van der Waals surface area contributed by atoms with Gasteiger partial charge in [0.05, 0.1) is 26.6 Å². The molecule has 0 unspecified atom stereocenters. The maximum atomic E-state index is 12.4. The molecule has 156 valence electrons. The molecule has 1 amide bonds. The Morgan fingerprint density at radius 3 is 2.45 bits per heavy atom. The second kappa shape index (κ2) is 12.8. The van der Waals surface area contributed by atoms with Gasteiger partial charge in [-0.05, 0) is 43.7 Å². The predicted octanol–water partition coefficient (Wildman–Crippen LogP) is -0.0172. The number of hydrogen-bond acceptors (Lipinski definition) is 3. The third-order valence-electron chi connectivity index (χ3n) is 4.24. The molecule has 0 bridgehead atoms. The zero-order valence-electron chi connectivity index (χ0n) is 17.2. The molecule has 0 fully saturated rings. The molecule has 0 radical (unpaired) electrons. The molecule has 0 saturated carbocycles. The largest absolute Gasteiger partial charge is 1.00 e. The Labute approximate surface area is 179 Å². The molecule has 0 aliphatic rings. The van der Waals surface area contributed by atoms with Gasteiger partial charge in [0.25, 0.3) is 0 Å². The van der Waals surface area contributed by atoms with Gasteiger partial charge in [0.1, 0.15) is 5.75 Å². The molecule has 29 heavy (non-hydrogen) atoms. The van der Waals surface area contributed by atoms with E-state index in [1.54, 1.807) is 31.4 Å². The quantitative estimate of drug-likeness (QED) is 0.325. The van der Waals surface area contributed by atoms with Crippen molar-refractivity contribution in [3.63, 3.8) is 0 Å². The summed E-state index contributed by atoms with van der Waals surface area (Å²) in [7, 11) is 1.66. The Bertz CT molecular complexity index is 828. The fourth-order valence-electron chi connectivity index (χ4n) is 2.79. The van der Waals surface area contributed by atoms with Crippen molar-refractivity contribution in [2.24, 2.45) is 0 Å². The van der Waals surface area contributed by atoms with E-state index in [0.717, 1.165) is 30.8 Å². The van der Waals surface area contributed by atoms with Gasteiger partial charge in [-0.25, -0.2) is 0 Å². The molecule has 5 nitrogen and oxygen atoms in total. The first-order valence-corrected chi connectivity index (χ1v) is 9.51. The maximum absolute atomic E-state index is 12.4. The van der Waals surface area contributed by atoms with Crippen LogP contribution in [0.5, 0.6) is 5.75 Å². The molecule has 6 heteroatoms. The second-order valence-corrected chi connectivity index (χ2v) is 6.93. The van der Waals surface area contributed by atoms with Crippen molar-refractivity contribution in [1.82, 2.24) is 0 Å². The number of nitrogens with one attached hydrogen (secondary N) is 1. The van der Waals surface area contributed by atoms with E-state index in [2.05, 4.69) is 22.8 Å². The first-order valence-electron chi connectivity index (χ1n) is 9.51. The van der Waals surface area contributed by atoms with Gasteiger partial charge in [0.2, 0.25) is 5.91 Å². The van der Waals surface area contributed by atoms with Gasteiger partial charge in [0, 0.05) is 23.7 Å². The van der Waals surface area contributed by atoms with Crippen LogP contribution in [0.2, 0.25) is 0 Å². The van der Waals surface area contributed by atoms with Crippen LogP contribution >= 0.6 is 0 Å². The second-order valence-electron chi connectivity index (χ2n) is 6.93. The summed E-state index contributed by atoms with van der Waals surface area (Å²) in [6, 6.07) is 15.1. The van der Waals surface area contributed by atoms with E-state index in [-0.39, 0.29) is 24.1 Å². The SMILES string of the molecule is COc1ccc(CC[NH2+]CCC(=O)c2cccc(NC(=O)C=C(C)C)c2)cc1.[Cl-]. The normalized spacial score (nSPS) is 9.90. The number of amides is 1. The summed E-state index contributed by atoms with van der Waals surface area (Å²) in [5.74, 6) is 0.757. The number of quaternary nitrogens is 1. The Hall–Kier alpha value is -2.63. The minimum atomic E-state index is -0.184.